The highest BCUT2D eigenvalue weighted by Crippen LogP contribution is 2.43. The van der Waals surface area contributed by atoms with Gasteiger partial charge in [-0.2, -0.15) is 0 Å². The monoisotopic (exact) mass is 1120 g/mol. The van der Waals surface area contributed by atoms with Crippen molar-refractivity contribution in [1.29, 1.82) is 0 Å². The van der Waals surface area contributed by atoms with Gasteiger partial charge in [0.05, 0.1) is 29.7 Å². The van der Waals surface area contributed by atoms with E-state index in [9.17, 15) is 19.8 Å². The average molecular weight is 1120 g/mol. The van der Waals surface area contributed by atoms with Crippen molar-refractivity contribution < 1.29 is 19.8 Å². The Kier molecular flexibility index (Phi) is 16.6. The first-order chi connectivity index (χ1) is 41.0. The fraction of sp³-hybridized carbons (Fsp3) is 0.324. The molecule has 7 aliphatic heterocycles. The van der Waals surface area contributed by atoms with Crippen LogP contribution in [0.3, 0.4) is 0 Å². The number of aliphatic hydroxyl groups is 1. The summed E-state index contributed by atoms with van der Waals surface area (Å²) in [7, 11) is 8.58. The molecule has 0 bridgehead atoms. The quantitative estimate of drug-likeness (QED) is 0.173. The first-order valence-electron chi connectivity index (χ1n) is 29.4. The van der Waals surface area contributed by atoms with E-state index in [1.54, 1.807) is 24.5 Å². The lowest BCUT2D eigenvalue weighted by Crippen LogP contribution is -2.47. The number of aromatic nitrogens is 4. The molecule has 0 aliphatic carbocycles. The summed E-state index contributed by atoms with van der Waals surface area (Å²) in [6.45, 7) is 11.4. The van der Waals surface area contributed by atoms with E-state index in [4.69, 9.17) is 0 Å². The number of aliphatic hydroxyl groups excluding tert-OH is 1. The SMILES string of the molecule is CN1CCN(c2ncccc2C(=O)O)[C@@H](c2ccccc2)C1.CN1CCN2c3ncccc3C(=O)c3ccccc3[C@H]2C1.CN1CCN2c3ncccc3C(O)c3ccccc3[C@H]2C1.CN1CCN2c3ncccc3Cc3ccccc3[C@H]2C1. The summed E-state index contributed by atoms with van der Waals surface area (Å²) in [5, 5.41) is 20.3. The van der Waals surface area contributed by atoms with E-state index in [0.717, 1.165) is 124 Å². The normalized spacial score (nSPS) is 21.7. The maximum Gasteiger partial charge on any atom is 0.339 e. The van der Waals surface area contributed by atoms with Crippen LogP contribution in [0.25, 0.3) is 0 Å². The summed E-state index contributed by atoms with van der Waals surface area (Å²) in [6, 6.07) is 51.4. The minimum absolute atomic E-state index is 0.0887. The highest BCUT2D eigenvalue weighted by atomic mass is 16.4. The zero-order valence-corrected chi connectivity index (χ0v) is 48.4. The molecule has 8 aromatic rings. The van der Waals surface area contributed by atoms with E-state index in [2.05, 4.69) is 154 Å². The van der Waals surface area contributed by atoms with Crippen LogP contribution in [-0.2, 0) is 6.42 Å². The molecule has 0 radical (unpaired) electrons. The Hall–Kier alpha value is -8.38. The molecule has 4 saturated heterocycles. The van der Waals surface area contributed by atoms with Crippen LogP contribution in [0.15, 0.2) is 176 Å². The third-order valence-electron chi connectivity index (χ3n) is 17.6. The number of piperazine rings is 4. The van der Waals surface area contributed by atoms with Gasteiger partial charge in [-0.15, -0.1) is 0 Å². The number of rotatable bonds is 3. The second kappa shape index (κ2) is 24.8. The Bertz CT molecular complexity index is 3620. The van der Waals surface area contributed by atoms with Crippen LogP contribution in [0.5, 0.6) is 0 Å². The second-order valence-electron chi connectivity index (χ2n) is 23.1. The molecule has 4 aromatic heterocycles. The molecule has 0 spiro atoms. The van der Waals surface area contributed by atoms with Crippen molar-refractivity contribution in [2.45, 2.75) is 36.7 Å². The molecule has 1 unspecified atom stereocenters. The number of carbonyl (C=O) groups is 2. The van der Waals surface area contributed by atoms with Gasteiger partial charge in [0.1, 0.15) is 34.9 Å². The molecule has 16 heteroatoms. The second-order valence-corrected chi connectivity index (χ2v) is 23.1. The van der Waals surface area contributed by atoms with E-state index < -0.39 is 12.1 Å². The van der Waals surface area contributed by atoms with E-state index in [1.807, 2.05) is 85.2 Å². The topological polar surface area (TPSA) is 152 Å². The van der Waals surface area contributed by atoms with Gasteiger partial charge in [-0.25, -0.2) is 24.7 Å². The van der Waals surface area contributed by atoms with Gasteiger partial charge in [0.2, 0.25) is 0 Å². The number of hydrogen-bond donors (Lipinski definition) is 2. The van der Waals surface area contributed by atoms with E-state index >= 15 is 0 Å². The molecule has 4 aromatic carbocycles. The van der Waals surface area contributed by atoms with Crippen LogP contribution in [0.1, 0.15) is 101 Å². The maximum absolute atomic E-state index is 12.9. The Morgan fingerprint density at radius 2 is 0.833 bits per heavy atom. The van der Waals surface area contributed by atoms with E-state index in [1.165, 1.54) is 33.6 Å². The van der Waals surface area contributed by atoms with Gasteiger partial charge in [-0.1, -0.05) is 115 Å². The summed E-state index contributed by atoms with van der Waals surface area (Å²) in [5.74, 6) is 2.65. The molecule has 430 valence electrons. The van der Waals surface area contributed by atoms with Gasteiger partial charge in [0, 0.05) is 121 Å². The summed E-state index contributed by atoms with van der Waals surface area (Å²) in [4.78, 5) is 61.1. The van der Waals surface area contributed by atoms with Crippen LogP contribution in [0.4, 0.5) is 23.3 Å². The number of hydrogen-bond acceptors (Lipinski definition) is 15. The fourth-order valence-corrected chi connectivity index (χ4v) is 13.3. The standard InChI is InChI=1S/C17H19N3O2.C17H19N3O.C17H17N3O.C17H19N3/c1-19-10-11-20(15(12-19)13-6-3-2-4-7-13)16-14(17(21)22)8-5-9-18-16;2*1-19-9-10-20-15(11-19)12-5-2-3-6-13(12)16(21)14-7-4-8-18-17(14)20;1-19-9-10-20-16(12-19)15-7-3-2-5-13(15)11-14-6-4-8-18-17(14)20/h2-9,15H,10-12H2,1H3,(H,21,22);2-8,15-16,21H,9-11H2,1H3;2-8,15H,9-11H2,1H3;2-8,16H,9-12H2,1H3/t15-;15-,16?;15-;16-/m1111/s1. The molecule has 0 saturated carbocycles. The van der Waals surface area contributed by atoms with Crippen molar-refractivity contribution in [3.05, 3.63) is 238 Å². The number of ketones is 1. The van der Waals surface area contributed by atoms with Crippen molar-refractivity contribution in [3.63, 3.8) is 0 Å². The smallest absolute Gasteiger partial charge is 0.339 e. The van der Waals surface area contributed by atoms with Crippen molar-refractivity contribution in [2.75, 3.05) is 126 Å². The first-order valence-corrected chi connectivity index (χ1v) is 29.4. The zero-order valence-electron chi connectivity index (χ0n) is 48.4. The number of carboxylic acid groups (broad SMARTS) is 1. The number of likely N-dealkylation sites (N-methyl/N-ethyl adjacent to an activating group) is 4. The van der Waals surface area contributed by atoms with Crippen LogP contribution >= 0.6 is 0 Å². The largest absolute Gasteiger partial charge is 0.478 e. The molecule has 0 amide bonds. The third kappa shape index (κ3) is 11.4. The Labute approximate surface area is 492 Å². The summed E-state index contributed by atoms with van der Waals surface area (Å²) >= 11 is 0. The van der Waals surface area contributed by atoms with Gasteiger partial charge in [-0.05, 0) is 104 Å². The highest BCUT2D eigenvalue weighted by Gasteiger charge is 2.39. The van der Waals surface area contributed by atoms with Crippen LogP contribution < -0.4 is 19.6 Å². The molecule has 16 nitrogen and oxygen atoms in total. The molecule has 11 heterocycles. The zero-order chi connectivity index (χ0) is 57.8. The number of carboxylic acids is 1. The molecule has 7 aliphatic rings. The highest BCUT2D eigenvalue weighted by molar-refractivity contribution is 6.13. The van der Waals surface area contributed by atoms with Gasteiger partial charge < -0.3 is 49.4 Å². The number of aromatic carboxylic acids is 1. The van der Waals surface area contributed by atoms with Crippen LogP contribution in [0.2, 0.25) is 0 Å². The van der Waals surface area contributed by atoms with Crippen LogP contribution in [0, 0.1) is 0 Å². The number of fused-ring (bicyclic) bond motifs is 15. The molecule has 4 fully saturated rings. The molecular formula is C68H74N12O4. The molecular weight excluding hydrogens is 1050 g/mol. The summed E-state index contributed by atoms with van der Waals surface area (Å²) < 4.78 is 0. The Morgan fingerprint density at radius 3 is 1.50 bits per heavy atom. The fourth-order valence-electron chi connectivity index (χ4n) is 13.3. The molecule has 15 rings (SSSR count). The number of anilines is 4. The predicted octanol–water partition coefficient (Wildman–Crippen LogP) is 8.84. The Balaban J connectivity index is 0.000000110. The lowest BCUT2D eigenvalue weighted by atomic mass is 9.94. The molecule has 2 N–H and O–H groups in total. The first kappa shape index (κ1) is 56.1. The predicted molar refractivity (Wildman–Crippen MR) is 330 cm³/mol. The molecule has 84 heavy (non-hydrogen) atoms. The van der Waals surface area contributed by atoms with E-state index in [-0.39, 0.29) is 29.5 Å². The minimum Gasteiger partial charge on any atom is -0.478 e. The van der Waals surface area contributed by atoms with Crippen LogP contribution in [-0.4, -0.2) is 168 Å². The van der Waals surface area contributed by atoms with Gasteiger partial charge in [0.25, 0.3) is 0 Å². The van der Waals surface area contributed by atoms with Gasteiger partial charge >= 0.3 is 5.97 Å². The number of carbonyl (C=O) groups excluding carboxylic acids is 1. The lowest BCUT2D eigenvalue weighted by Gasteiger charge is -2.41. The third-order valence-corrected chi connectivity index (χ3v) is 17.6. The van der Waals surface area contributed by atoms with E-state index in [0.29, 0.717) is 11.9 Å². The number of nitrogens with zero attached hydrogens (tertiary/aromatic N) is 12. The number of benzene rings is 4. The summed E-state index contributed by atoms with van der Waals surface area (Å²) in [5.41, 5.74) is 11.5. The Morgan fingerprint density at radius 1 is 0.405 bits per heavy atom. The van der Waals surface area contributed by atoms with Crippen molar-refractivity contribution in [2.24, 2.45) is 0 Å². The van der Waals surface area contributed by atoms with Crippen molar-refractivity contribution in [1.82, 2.24) is 39.5 Å². The van der Waals surface area contributed by atoms with Gasteiger partial charge in [0.15, 0.2) is 5.78 Å². The maximum atomic E-state index is 12.9. The average Bonchev–Trinajstić information content (AvgIpc) is 3.42. The number of pyridine rings is 4. The summed E-state index contributed by atoms with van der Waals surface area (Å²) in [6.07, 6.45) is 7.57. The van der Waals surface area contributed by atoms with Gasteiger partial charge in [-0.3, -0.25) is 4.79 Å². The van der Waals surface area contributed by atoms with Crippen molar-refractivity contribution in [3.8, 4) is 0 Å². The minimum atomic E-state index is -0.936. The molecule has 5 atom stereocenters. The lowest BCUT2D eigenvalue weighted by molar-refractivity contribution is 0.0696. The van der Waals surface area contributed by atoms with Crippen molar-refractivity contribution >= 4 is 35.0 Å².